The summed E-state index contributed by atoms with van der Waals surface area (Å²) < 4.78 is 5.29. The molecule has 0 spiro atoms. The zero-order valence-electron chi connectivity index (χ0n) is 14.7. The fourth-order valence-corrected chi connectivity index (χ4v) is 3.74. The number of amides is 1. The van der Waals surface area contributed by atoms with Crippen LogP contribution in [0.1, 0.15) is 51.4 Å². The molecule has 1 saturated heterocycles. The topological polar surface area (TPSA) is 134 Å². The lowest BCUT2D eigenvalue weighted by Crippen LogP contribution is -2.53. The second-order valence-corrected chi connectivity index (χ2v) is 7.16. The fraction of sp³-hybridized carbons (Fsp3) is 0.875. The van der Waals surface area contributed by atoms with Crippen LogP contribution >= 0.6 is 0 Å². The van der Waals surface area contributed by atoms with Gasteiger partial charge in [0.25, 0.3) is 0 Å². The number of rotatable bonds is 8. The summed E-state index contributed by atoms with van der Waals surface area (Å²) in [7, 11) is -1.14. The summed E-state index contributed by atoms with van der Waals surface area (Å²) in [5.41, 5.74) is 5.50. The van der Waals surface area contributed by atoms with Gasteiger partial charge in [-0.1, -0.05) is 0 Å². The summed E-state index contributed by atoms with van der Waals surface area (Å²) in [5.74, 6) is -1.10. The molecule has 1 saturated carbocycles. The number of carbonyl (C=O) groups excluding carboxylic acids is 1. The molecular weight excluding hydrogens is 325 g/mol. The van der Waals surface area contributed by atoms with Crippen molar-refractivity contribution in [3.63, 3.8) is 0 Å². The molecule has 1 aliphatic heterocycles. The Morgan fingerprint density at radius 1 is 1.12 bits per heavy atom. The van der Waals surface area contributed by atoms with Gasteiger partial charge >= 0.3 is 13.1 Å². The molecule has 0 unspecified atom stereocenters. The van der Waals surface area contributed by atoms with Crippen LogP contribution in [0.3, 0.4) is 0 Å². The van der Waals surface area contributed by atoms with Gasteiger partial charge in [0.2, 0.25) is 5.91 Å². The average Bonchev–Trinajstić information content (AvgIpc) is 2.56. The van der Waals surface area contributed by atoms with Gasteiger partial charge in [-0.15, -0.1) is 0 Å². The van der Waals surface area contributed by atoms with E-state index in [9.17, 15) is 14.6 Å². The number of hydrogen-bond acceptors (Lipinski definition) is 6. The molecular formula is C16H30BN3O5. The van der Waals surface area contributed by atoms with E-state index in [2.05, 4.69) is 10.6 Å². The third-order valence-electron chi connectivity index (χ3n) is 5.12. The van der Waals surface area contributed by atoms with Gasteiger partial charge in [0.05, 0.1) is 18.5 Å². The standard InChI is InChI=1S/C16H30BN3O5/c18-7-8-19-12-3-1-11(2-4-12)9-15(21)20-14-6-5-13(10-16(22)23)25-17(14)24/h11-14,19,24H,1-10,18H2,(H,20,21)(H,22,23)/t11-,12-,13-,14+/m1/s1. The highest BCUT2D eigenvalue weighted by Crippen LogP contribution is 2.27. The third-order valence-corrected chi connectivity index (χ3v) is 5.12. The van der Waals surface area contributed by atoms with E-state index in [1.807, 2.05) is 0 Å². The molecule has 9 heteroatoms. The van der Waals surface area contributed by atoms with Gasteiger partial charge < -0.3 is 31.2 Å². The fourth-order valence-electron chi connectivity index (χ4n) is 3.74. The zero-order valence-corrected chi connectivity index (χ0v) is 14.7. The van der Waals surface area contributed by atoms with Gasteiger partial charge in [-0.3, -0.25) is 9.59 Å². The van der Waals surface area contributed by atoms with E-state index in [1.165, 1.54) is 0 Å². The maximum Gasteiger partial charge on any atom is 0.478 e. The molecule has 0 bridgehead atoms. The van der Waals surface area contributed by atoms with Crippen molar-refractivity contribution < 1.29 is 24.4 Å². The molecule has 1 amide bonds. The Morgan fingerprint density at radius 3 is 2.44 bits per heavy atom. The van der Waals surface area contributed by atoms with E-state index in [0.717, 1.165) is 32.2 Å². The zero-order chi connectivity index (χ0) is 18.2. The van der Waals surface area contributed by atoms with Gasteiger partial charge in [-0.2, -0.15) is 0 Å². The van der Waals surface area contributed by atoms with Crippen LogP contribution in [0.15, 0.2) is 0 Å². The Balaban J connectivity index is 1.66. The molecule has 8 nitrogen and oxygen atoms in total. The Kier molecular flexibility index (Phi) is 8.15. The first-order chi connectivity index (χ1) is 12.0. The van der Waals surface area contributed by atoms with Crippen LogP contribution < -0.4 is 16.4 Å². The highest BCUT2D eigenvalue weighted by Gasteiger charge is 2.37. The summed E-state index contributed by atoms with van der Waals surface area (Å²) in [6, 6.07) is 0.502. The van der Waals surface area contributed by atoms with Crippen LogP contribution in [0.2, 0.25) is 0 Å². The van der Waals surface area contributed by atoms with E-state index < -0.39 is 25.1 Å². The molecule has 6 N–H and O–H groups in total. The summed E-state index contributed by atoms with van der Waals surface area (Å²) in [5, 5.41) is 25.0. The summed E-state index contributed by atoms with van der Waals surface area (Å²) >= 11 is 0. The number of hydrogen-bond donors (Lipinski definition) is 5. The molecule has 0 aromatic heterocycles. The number of nitrogens with one attached hydrogen (secondary N) is 2. The van der Waals surface area contributed by atoms with Crippen molar-refractivity contribution in [2.45, 2.75) is 69.5 Å². The molecule has 2 fully saturated rings. The minimum Gasteiger partial charge on any atom is -0.481 e. The van der Waals surface area contributed by atoms with Crippen LogP contribution in [0, 0.1) is 5.92 Å². The maximum absolute atomic E-state index is 12.2. The van der Waals surface area contributed by atoms with Crippen molar-refractivity contribution in [1.29, 1.82) is 0 Å². The van der Waals surface area contributed by atoms with Gasteiger partial charge in [-0.25, -0.2) is 0 Å². The molecule has 1 aliphatic carbocycles. The van der Waals surface area contributed by atoms with Crippen molar-refractivity contribution in [2.24, 2.45) is 11.7 Å². The molecule has 2 rings (SSSR count). The quantitative estimate of drug-likeness (QED) is 0.376. The highest BCUT2D eigenvalue weighted by molar-refractivity contribution is 6.45. The van der Waals surface area contributed by atoms with E-state index in [4.69, 9.17) is 15.5 Å². The molecule has 25 heavy (non-hydrogen) atoms. The largest absolute Gasteiger partial charge is 0.481 e. The smallest absolute Gasteiger partial charge is 0.478 e. The van der Waals surface area contributed by atoms with Crippen molar-refractivity contribution in [3.05, 3.63) is 0 Å². The SMILES string of the molecule is NCCN[C@H]1CC[C@H](CC(=O)N[C@H]2CC[C@H](CC(=O)O)OB2O)CC1. The third kappa shape index (κ3) is 6.93. The Labute approximate surface area is 149 Å². The van der Waals surface area contributed by atoms with Crippen molar-refractivity contribution in [3.8, 4) is 0 Å². The highest BCUT2D eigenvalue weighted by atomic mass is 16.5. The van der Waals surface area contributed by atoms with Gasteiger partial charge in [0.1, 0.15) is 0 Å². The number of aliphatic carboxylic acids is 1. The maximum atomic E-state index is 12.2. The van der Waals surface area contributed by atoms with Gasteiger partial charge in [0, 0.05) is 25.6 Å². The van der Waals surface area contributed by atoms with Crippen molar-refractivity contribution in [1.82, 2.24) is 10.6 Å². The second kappa shape index (κ2) is 10.1. The monoisotopic (exact) mass is 355 g/mol. The molecule has 142 valence electrons. The van der Waals surface area contributed by atoms with Crippen molar-refractivity contribution >= 4 is 19.0 Å². The lowest BCUT2D eigenvalue weighted by atomic mass is 9.72. The second-order valence-electron chi connectivity index (χ2n) is 7.16. The first kappa shape index (κ1) is 20.2. The number of nitrogens with two attached hydrogens (primary N) is 1. The predicted molar refractivity (Wildman–Crippen MR) is 93.7 cm³/mol. The first-order valence-corrected chi connectivity index (χ1v) is 9.26. The minimum absolute atomic E-state index is 0.0669. The van der Waals surface area contributed by atoms with Gasteiger partial charge in [0.15, 0.2) is 0 Å². The van der Waals surface area contributed by atoms with Crippen LogP contribution in [-0.4, -0.2) is 60.3 Å². The normalized spacial score (nSPS) is 30.1. The Bertz CT molecular complexity index is 445. The van der Waals surface area contributed by atoms with E-state index in [0.29, 0.717) is 37.8 Å². The predicted octanol–water partition coefficient (Wildman–Crippen LogP) is -0.358. The van der Waals surface area contributed by atoms with Crippen molar-refractivity contribution in [2.75, 3.05) is 13.1 Å². The van der Waals surface area contributed by atoms with E-state index in [-0.39, 0.29) is 12.3 Å². The summed E-state index contributed by atoms with van der Waals surface area (Å²) in [4.78, 5) is 22.9. The number of carboxylic acid groups (broad SMARTS) is 1. The molecule has 0 aromatic carbocycles. The molecule has 0 radical (unpaired) electrons. The molecule has 1 heterocycles. The van der Waals surface area contributed by atoms with Crippen LogP contribution in [0.25, 0.3) is 0 Å². The lowest BCUT2D eigenvalue weighted by Gasteiger charge is -2.32. The molecule has 2 atom stereocenters. The molecule has 2 aliphatic rings. The van der Waals surface area contributed by atoms with Crippen LogP contribution in [0.5, 0.6) is 0 Å². The van der Waals surface area contributed by atoms with E-state index in [1.54, 1.807) is 0 Å². The van der Waals surface area contributed by atoms with Crippen LogP contribution in [-0.2, 0) is 14.2 Å². The van der Waals surface area contributed by atoms with E-state index >= 15 is 0 Å². The first-order valence-electron chi connectivity index (χ1n) is 9.26. The average molecular weight is 355 g/mol. The van der Waals surface area contributed by atoms with Crippen LogP contribution in [0.4, 0.5) is 0 Å². The van der Waals surface area contributed by atoms with Gasteiger partial charge in [-0.05, 0) is 44.4 Å². The molecule has 0 aromatic rings. The Hall–Kier alpha value is -1.16. The number of carboxylic acids is 1. The minimum atomic E-state index is -1.14. The lowest BCUT2D eigenvalue weighted by molar-refractivity contribution is -0.139. The summed E-state index contributed by atoms with van der Waals surface area (Å²) in [6.45, 7) is 1.47. The number of carbonyl (C=O) groups is 2. The Morgan fingerprint density at radius 2 is 1.84 bits per heavy atom. The summed E-state index contributed by atoms with van der Waals surface area (Å²) in [6.07, 6.45) is 5.04.